The molecule has 1 aromatic carbocycles. The van der Waals surface area contributed by atoms with Crippen LogP contribution in [0.5, 0.6) is 0 Å². The van der Waals surface area contributed by atoms with Crippen LogP contribution in [-0.2, 0) is 13.5 Å². The number of hydrogen-bond donors (Lipinski definition) is 1. The first-order valence-corrected chi connectivity index (χ1v) is 6.53. The number of imidazole rings is 1. The largest absolute Gasteiger partial charge is 0.478 e. The van der Waals surface area contributed by atoms with E-state index in [9.17, 15) is 9.59 Å². The van der Waals surface area contributed by atoms with Gasteiger partial charge in [0.15, 0.2) is 0 Å². The number of likely N-dealkylation sites (N-methyl/N-ethyl adjacent to an activating group) is 1. The van der Waals surface area contributed by atoms with Crippen LogP contribution in [0.4, 0.5) is 0 Å². The van der Waals surface area contributed by atoms with Gasteiger partial charge in [0.1, 0.15) is 5.69 Å². The van der Waals surface area contributed by atoms with Crippen molar-refractivity contribution in [2.75, 3.05) is 13.6 Å². The zero-order valence-electron chi connectivity index (χ0n) is 12.0. The highest BCUT2D eigenvalue weighted by Crippen LogP contribution is 2.11. The molecule has 0 aliphatic heterocycles. The van der Waals surface area contributed by atoms with E-state index in [1.807, 2.05) is 0 Å². The molecule has 0 fully saturated rings. The number of hydrogen-bond acceptors (Lipinski definition) is 3. The van der Waals surface area contributed by atoms with E-state index in [1.165, 1.54) is 6.20 Å². The van der Waals surface area contributed by atoms with Gasteiger partial charge < -0.3 is 14.6 Å². The fourth-order valence-electron chi connectivity index (χ4n) is 2.10. The third-order valence-electron chi connectivity index (χ3n) is 3.35. The normalized spacial score (nSPS) is 10.4. The number of carboxylic acids is 1. The molecule has 0 aliphatic carbocycles. The minimum absolute atomic E-state index is 0.136. The van der Waals surface area contributed by atoms with Crippen molar-refractivity contribution in [3.8, 4) is 0 Å². The Balaban J connectivity index is 2.05. The molecule has 2 rings (SSSR count). The molecule has 21 heavy (non-hydrogen) atoms. The molecule has 2 aromatic rings. The molecule has 0 saturated carbocycles. The van der Waals surface area contributed by atoms with Crippen molar-refractivity contribution in [1.29, 1.82) is 0 Å². The van der Waals surface area contributed by atoms with Gasteiger partial charge in [0.05, 0.1) is 18.1 Å². The third kappa shape index (κ3) is 3.28. The van der Waals surface area contributed by atoms with Crippen LogP contribution in [0.15, 0.2) is 36.8 Å². The van der Waals surface area contributed by atoms with E-state index >= 15 is 0 Å². The topological polar surface area (TPSA) is 75.4 Å². The van der Waals surface area contributed by atoms with Crippen molar-refractivity contribution in [2.24, 2.45) is 7.05 Å². The molecule has 0 aliphatic rings. The van der Waals surface area contributed by atoms with Crippen LogP contribution in [0.25, 0.3) is 0 Å². The monoisotopic (exact) mass is 287 g/mol. The first kappa shape index (κ1) is 14.8. The highest BCUT2D eigenvalue weighted by molar-refractivity contribution is 5.92. The molecule has 110 valence electrons. The third-order valence-corrected chi connectivity index (χ3v) is 3.35. The Hall–Kier alpha value is -2.63. The van der Waals surface area contributed by atoms with Crippen LogP contribution in [0.1, 0.15) is 26.4 Å². The lowest BCUT2D eigenvalue weighted by atomic mass is 10.0. The lowest BCUT2D eigenvalue weighted by Gasteiger charge is -2.17. The van der Waals surface area contributed by atoms with Crippen LogP contribution in [0, 0.1) is 0 Å². The number of amides is 1. The Labute approximate surface area is 122 Å². The van der Waals surface area contributed by atoms with Crippen molar-refractivity contribution < 1.29 is 14.7 Å². The Kier molecular flexibility index (Phi) is 4.37. The lowest BCUT2D eigenvalue weighted by molar-refractivity contribution is 0.0695. The number of benzene rings is 1. The van der Waals surface area contributed by atoms with Crippen molar-refractivity contribution in [2.45, 2.75) is 6.42 Å². The smallest absolute Gasteiger partial charge is 0.335 e. The summed E-state index contributed by atoms with van der Waals surface area (Å²) in [6.45, 7) is 0.439. The SMILES string of the molecule is CN(CCc1ccccc1C(=O)O)C(=O)c1cncn1C. The summed E-state index contributed by atoms with van der Waals surface area (Å²) in [5.74, 6) is -1.09. The summed E-state index contributed by atoms with van der Waals surface area (Å²) in [7, 11) is 3.45. The van der Waals surface area contributed by atoms with E-state index in [1.54, 1.807) is 54.2 Å². The highest BCUT2D eigenvalue weighted by atomic mass is 16.4. The van der Waals surface area contributed by atoms with Crippen LogP contribution >= 0.6 is 0 Å². The average Bonchev–Trinajstić information content (AvgIpc) is 2.90. The van der Waals surface area contributed by atoms with Crippen molar-refractivity contribution in [1.82, 2.24) is 14.5 Å². The van der Waals surface area contributed by atoms with Crippen LogP contribution in [0.2, 0.25) is 0 Å². The van der Waals surface area contributed by atoms with E-state index < -0.39 is 5.97 Å². The van der Waals surface area contributed by atoms with E-state index in [4.69, 9.17) is 5.11 Å². The van der Waals surface area contributed by atoms with Gasteiger partial charge in [0.25, 0.3) is 5.91 Å². The Bertz CT molecular complexity index is 664. The summed E-state index contributed by atoms with van der Waals surface area (Å²) in [6, 6.07) is 6.83. The first-order chi connectivity index (χ1) is 10.0. The molecule has 0 atom stereocenters. The number of aryl methyl sites for hydroxylation is 1. The molecule has 0 radical (unpaired) electrons. The Morgan fingerprint density at radius 3 is 2.67 bits per heavy atom. The summed E-state index contributed by atoms with van der Waals surface area (Å²) >= 11 is 0. The molecular weight excluding hydrogens is 270 g/mol. The maximum Gasteiger partial charge on any atom is 0.335 e. The van der Waals surface area contributed by atoms with Crippen molar-refractivity contribution in [3.63, 3.8) is 0 Å². The number of aromatic nitrogens is 2. The van der Waals surface area contributed by atoms with Gasteiger partial charge in [0.2, 0.25) is 0 Å². The second-order valence-corrected chi connectivity index (χ2v) is 4.83. The summed E-state index contributed by atoms with van der Waals surface area (Å²) in [5.41, 5.74) is 1.50. The van der Waals surface area contributed by atoms with E-state index in [0.29, 0.717) is 18.7 Å². The predicted molar refractivity (Wildman–Crippen MR) is 77.3 cm³/mol. The number of nitrogens with zero attached hydrogens (tertiary/aromatic N) is 3. The predicted octanol–water partition coefficient (Wildman–Crippen LogP) is 1.43. The first-order valence-electron chi connectivity index (χ1n) is 6.53. The van der Waals surface area contributed by atoms with Gasteiger partial charge in [0, 0.05) is 20.6 Å². The van der Waals surface area contributed by atoms with Gasteiger partial charge in [-0.2, -0.15) is 0 Å². The number of carbonyl (C=O) groups excluding carboxylic acids is 1. The molecule has 1 aromatic heterocycles. The second kappa shape index (κ2) is 6.21. The minimum Gasteiger partial charge on any atom is -0.478 e. The molecule has 1 amide bonds. The fraction of sp³-hybridized carbons (Fsp3) is 0.267. The number of carbonyl (C=O) groups is 2. The lowest BCUT2D eigenvalue weighted by Crippen LogP contribution is -2.30. The zero-order chi connectivity index (χ0) is 15.4. The van der Waals surface area contributed by atoms with E-state index in [2.05, 4.69) is 4.98 Å². The molecular formula is C15H17N3O3. The van der Waals surface area contributed by atoms with Crippen LogP contribution in [0.3, 0.4) is 0 Å². The van der Waals surface area contributed by atoms with Crippen LogP contribution in [-0.4, -0.2) is 45.0 Å². The summed E-state index contributed by atoms with van der Waals surface area (Å²) in [6.07, 6.45) is 3.58. The summed E-state index contributed by atoms with van der Waals surface area (Å²) < 4.78 is 1.66. The Morgan fingerprint density at radius 2 is 2.05 bits per heavy atom. The maximum absolute atomic E-state index is 12.2. The number of aromatic carboxylic acids is 1. The molecule has 6 heteroatoms. The van der Waals surface area contributed by atoms with Crippen LogP contribution < -0.4 is 0 Å². The van der Waals surface area contributed by atoms with E-state index in [0.717, 1.165) is 5.56 Å². The van der Waals surface area contributed by atoms with E-state index in [-0.39, 0.29) is 11.5 Å². The highest BCUT2D eigenvalue weighted by Gasteiger charge is 2.16. The average molecular weight is 287 g/mol. The second-order valence-electron chi connectivity index (χ2n) is 4.83. The molecule has 1 N–H and O–H groups in total. The molecule has 0 saturated heterocycles. The maximum atomic E-state index is 12.2. The quantitative estimate of drug-likeness (QED) is 0.902. The summed E-state index contributed by atoms with van der Waals surface area (Å²) in [5, 5.41) is 9.13. The fourth-order valence-corrected chi connectivity index (χ4v) is 2.10. The summed E-state index contributed by atoms with van der Waals surface area (Å²) in [4.78, 5) is 28.8. The number of carboxylic acid groups (broad SMARTS) is 1. The van der Waals surface area contributed by atoms with Gasteiger partial charge >= 0.3 is 5.97 Å². The molecule has 1 heterocycles. The Morgan fingerprint density at radius 1 is 1.33 bits per heavy atom. The number of rotatable bonds is 5. The van der Waals surface area contributed by atoms with Gasteiger partial charge in [-0.15, -0.1) is 0 Å². The zero-order valence-corrected chi connectivity index (χ0v) is 12.0. The van der Waals surface area contributed by atoms with Gasteiger partial charge in [-0.05, 0) is 18.1 Å². The standard InChI is InChI=1S/C15H17N3O3/c1-17(14(19)13-9-16-10-18(13)2)8-7-11-5-3-4-6-12(11)15(20)21/h3-6,9-10H,7-8H2,1-2H3,(H,20,21). The van der Waals surface area contributed by atoms with Gasteiger partial charge in [-0.3, -0.25) is 4.79 Å². The molecule has 0 spiro atoms. The van der Waals surface area contributed by atoms with Crippen molar-refractivity contribution >= 4 is 11.9 Å². The molecule has 0 bridgehead atoms. The minimum atomic E-state index is -0.953. The molecule has 6 nitrogen and oxygen atoms in total. The van der Waals surface area contributed by atoms with Gasteiger partial charge in [-0.25, -0.2) is 9.78 Å². The van der Waals surface area contributed by atoms with Crippen molar-refractivity contribution in [3.05, 3.63) is 53.6 Å². The molecule has 0 unspecified atom stereocenters. The van der Waals surface area contributed by atoms with Gasteiger partial charge in [-0.1, -0.05) is 18.2 Å².